The van der Waals surface area contributed by atoms with Gasteiger partial charge in [-0.2, -0.15) is 0 Å². The Labute approximate surface area is 148 Å². The van der Waals surface area contributed by atoms with Crippen LogP contribution in [0.5, 0.6) is 5.75 Å². The molecule has 5 nitrogen and oxygen atoms in total. The summed E-state index contributed by atoms with van der Waals surface area (Å²) in [5, 5.41) is 11.8. The van der Waals surface area contributed by atoms with E-state index in [9.17, 15) is 9.59 Å². The fraction of sp³-hybridized carbons (Fsp3) is 0.222. The summed E-state index contributed by atoms with van der Waals surface area (Å²) in [7, 11) is 0. The molecule has 2 aromatic carbocycles. The highest BCUT2D eigenvalue weighted by Crippen LogP contribution is 2.30. The first-order valence-corrected chi connectivity index (χ1v) is 8.21. The Morgan fingerprint density at radius 1 is 1.17 bits per heavy atom. The number of aryl methyl sites for hydroxylation is 2. The molecule has 0 saturated carbocycles. The van der Waals surface area contributed by atoms with Gasteiger partial charge in [-0.1, -0.05) is 0 Å². The minimum absolute atomic E-state index is 0.215. The molecular weight excluding hydrogens is 374 g/mol. The molecule has 0 spiro atoms. The van der Waals surface area contributed by atoms with E-state index in [1.165, 1.54) is 6.07 Å². The average molecular weight is 392 g/mol. The molecule has 126 valence electrons. The summed E-state index contributed by atoms with van der Waals surface area (Å²) in [5.74, 6) is -0.545. The number of amides is 1. The van der Waals surface area contributed by atoms with Gasteiger partial charge in [-0.3, -0.25) is 4.79 Å². The Morgan fingerprint density at radius 2 is 1.88 bits per heavy atom. The molecule has 2 N–H and O–H groups in total. The van der Waals surface area contributed by atoms with Gasteiger partial charge >= 0.3 is 5.97 Å². The van der Waals surface area contributed by atoms with Gasteiger partial charge in [0, 0.05) is 11.3 Å². The predicted octanol–water partition coefficient (Wildman–Crippen LogP) is 4.42. The molecule has 0 bridgehead atoms. The van der Waals surface area contributed by atoms with Crippen LogP contribution in [0.15, 0.2) is 34.8 Å². The molecule has 0 heterocycles. The molecule has 6 heteroatoms. The van der Waals surface area contributed by atoms with Crippen molar-refractivity contribution >= 4 is 33.5 Å². The van der Waals surface area contributed by atoms with Crippen molar-refractivity contribution < 1.29 is 19.4 Å². The van der Waals surface area contributed by atoms with E-state index < -0.39 is 5.97 Å². The summed E-state index contributed by atoms with van der Waals surface area (Å²) in [4.78, 5) is 23.5. The summed E-state index contributed by atoms with van der Waals surface area (Å²) in [6, 6.07) is 8.14. The lowest BCUT2D eigenvalue weighted by Gasteiger charge is -2.12. The Hall–Kier alpha value is -2.34. The van der Waals surface area contributed by atoms with Gasteiger partial charge in [0.15, 0.2) is 0 Å². The highest BCUT2D eigenvalue weighted by Gasteiger charge is 2.14. The number of carboxylic acids is 1. The molecular formula is C18H18BrNO4. The zero-order valence-corrected chi connectivity index (χ0v) is 15.2. The number of benzene rings is 2. The second-order valence-electron chi connectivity index (χ2n) is 5.33. The Kier molecular flexibility index (Phi) is 5.62. The number of halogens is 1. The minimum atomic E-state index is -0.989. The molecule has 0 aromatic heterocycles. The molecule has 24 heavy (non-hydrogen) atoms. The topological polar surface area (TPSA) is 75.6 Å². The number of carboxylic acid groups (broad SMARTS) is 1. The zero-order chi connectivity index (χ0) is 17.9. The van der Waals surface area contributed by atoms with Crippen LogP contribution in [0, 0.1) is 13.8 Å². The van der Waals surface area contributed by atoms with Crippen LogP contribution in [0.1, 0.15) is 38.8 Å². The van der Waals surface area contributed by atoms with E-state index in [-0.39, 0.29) is 11.5 Å². The van der Waals surface area contributed by atoms with E-state index in [4.69, 9.17) is 9.84 Å². The lowest BCUT2D eigenvalue weighted by atomic mass is 10.1. The van der Waals surface area contributed by atoms with Crippen molar-refractivity contribution in [2.75, 3.05) is 11.9 Å². The molecule has 0 fully saturated rings. The molecule has 2 rings (SSSR count). The first-order chi connectivity index (χ1) is 11.3. The van der Waals surface area contributed by atoms with Gasteiger partial charge in [-0.25, -0.2) is 4.79 Å². The van der Waals surface area contributed by atoms with Crippen molar-refractivity contribution in [2.45, 2.75) is 20.8 Å². The predicted molar refractivity (Wildman–Crippen MR) is 96.1 cm³/mol. The zero-order valence-electron chi connectivity index (χ0n) is 13.6. The molecule has 0 aliphatic heterocycles. The summed E-state index contributed by atoms with van der Waals surface area (Å²) in [6.07, 6.45) is 0. The van der Waals surface area contributed by atoms with Gasteiger partial charge in [0.2, 0.25) is 0 Å². The van der Waals surface area contributed by atoms with E-state index in [0.717, 1.165) is 11.3 Å². The van der Waals surface area contributed by atoms with Crippen LogP contribution >= 0.6 is 15.9 Å². The second-order valence-corrected chi connectivity index (χ2v) is 6.18. The molecule has 2 aromatic rings. The monoisotopic (exact) mass is 391 g/mol. The normalized spacial score (nSPS) is 10.3. The SMILES string of the molecule is CCOc1c(C)cc(C(=O)Nc2ccc(C(=O)O)c(C)c2)cc1Br. The number of carbonyl (C=O) groups is 2. The van der Waals surface area contributed by atoms with Crippen LogP contribution in [0.3, 0.4) is 0 Å². The first kappa shape index (κ1) is 18.0. The number of hydrogen-bond acceptors (Lipinski definition) is 3. The van der Waals surface area contributed by atoms with E-state index >= 15 is 0 Å². The van der Waals surface area contributed by atoms with Crippen LogP contribution < -0.4 is 10.1 Å². The largest absolute Gasteiger partial charge is 0.492 e. The fourth-order valence-electron chi connectivity index (χ4n) is 2.37. The fourth-order valence-corrected chi connectivity index (χ4v) is 3.05. The van der Waals surface area contributed by atoms with Gasteiger partial charge in [-0.05, 0) is 78.2 Å². The van der Waals surface area contributed by atoms with Crippen LogP contribution in [-0.2, 0) is 0 Å². The van der Waals surface area contributed by atoms with E-state index in [1.54, 1.807) is 31.2 Å². The standard InChI is InChI=1S/C18H18BrNO4/c1-4-24-16-11(3)7-12(9-15(16)19)17(21)20-13-5-6-14(18(22)23)10(2)8-13/h5-9H,4H2,1-3H3,(H,20,21)(H,22,23). The van der Waals surface area contributed by atoms with Crippen LogP contribution in [-0.4, -0.2) is 23.6 Å². The quantitative estimate of drug-likeness (QED) is 0.790. The van der Waals surface area contributed by atoms with Gasteiger partial charge in [-0.15, -0.1) is 0 Å². The average Bonchev–Trinajstić information content (AvgIpc) is 2.50. The number of carbonyl (C=O) groups excluding carboxylic acids is 1. The number of nitrogens with one attached hydrogen (secondary N) is 1. The smallest absolute Gasteiger partial charge is 0.335 e. The number of aromatic carboxylic acids is 1. The molecule has 0 saturated heterocycles. The van der Waals surface area contributed by atoms with Gasteiger partial charge < -0.3 is 15.2 Å². The number of ether oxygens (including phenoxy) is 1. The van der Waals surface area contributed by atoms with Gasteiger partial charge in [0.05, 0.1) is 16.6 Å². The maximum absolute atomic E-state index is 12.4. The number of rotatable bonds is 5. The summed E-state index contributed by atoms with van der Waals surface area (Å²) >= 11 is 3.42. The van der Waals surface area contributed by atoms with E-state index in [1.807, 2.05) is 13.8 Å². The highest BCUT2D eigenvalue weighted by molar-refractivity contribution is 9.10. The third kappa shape index (κ3) is 3.94. The Morgan fingerprint density at radius 3 is 2.42 bits per heavy atom. The summed E-state index contributed by atoms with van der Waals surface area (Å²) < 4.78 is 6.25. The maximum atomic E-state index is 12.4. The molecule has 0 unspecified atom stereocenters. The summed E-state index contributed by atoms with van der Waals surface area (Å²) in [5.41, 5.74) is 2.69. The van der Waals surface area contributed by atoms with Gasteiger partial charge in [0.1, 0.15) is 5.75 Å². The minimum Gasteiger partial charge on any atom is -0.492 e. The summed E-state index contributed by atoms with van der Waals surface area (Å²) in [6.45, 7) is 6.00. The number of hydrogen-bond donors (Lipinski definition) is 2. The lowest BCUT2D eigenvalue weighted by molar-refractivity contribution is 0.0696. The molecule has 0 aliphatic rings. The number of anilines is 1. The molecule has 0 atom stereocenters. The Bertz CT molecular complexity index is 779. The third-order valence-corrected chi connectivity index (χ3v) is 4.08. The van der Waals surface area contributed by atoms with Crippen LogP contribution in [0.2, 0.25) is 0 Å². The van der Waals surface area contributed by atoms with E-state index in [0.29, 0.717) is 27.9 Å². The van der Waals surface area contributed by atoms with Crippen molar-refractivity contribution in [2.24, 2.45) is 0 Å². The van der Waals surface area contributed by atoms with Crippen molar-refractivity contribution in [3.8, 4) is 5.75 Å². The van der Waals surface area contributed by atoms with Crippen LogP contribution in [0.25, 0.3) is 0 Å². The van der Waals surface area contributed by atoms with Gasteiger partial charge in [0.25, 0.3) is 5.91 Å². The second kappa shape index (κ2) is 7.49. The van der Waals surface area contributed by atoms with Crippen molar-refractivity contribution in [1.82, 2.24) is 0 Å². The van der Waals surface area contributed by atoms with Crippen molar-refractivity contribution in [1.29, 1.82) is 0 Å². The maximum Gasteiger partial charge on any atom is 0.335 e. The first-order valence-electron chi connectivity index (χ1n) is 7.41. The van der Waals surface area contributed by atoms with E-state index in [2.05, 4.69) is 21.2 Å². The molecule has 0 radical (unpaired) electrons. The van der Waals surface area contributed by atoms with Crippen molar-refractivity contribution in [3.05, 3.63) is 57.1 Å². The molecule has 1 amide bonds. The lowest BCUT2D eigenvalue weighted by Crippen LogP contribution is -2.13. The highest BCUT2D eigenvalue weighted by atomic mass is 79.9. The Balaban J connectivity index is 2.24. The molecule has 0 aliphatic carbocycles. The van der Waals surface area contributed by atoms with Crippen molar-refractivity contribution in [3.63, 3.8) is 0 Å². The van der Waals surface area contributed by atoms with Crippen LogP contribution in [0.4, 0.5) is 5.69 Å². The third-order valence-electron chi connectivity index (χ3n) is 3.49.